The summed E-state index contributed by atoms with van der Waals surface area (Å²) in [6, 6.07) is 4.64. The minimum Gasteiger partial charge on any atom is -0.317 e. The normalized spacial score (nSPS) is 18.9. The Labute approximate surface area is 133 Å². The van der Waals surface area contributed by atoms with E-state index in [1.165, 1.54) is 6.07 Å². The van der Waals surface area contributed by atoms with Crippen molar-refractivity contribution in [3.63, 3.8) is 0 Å². The van der Waals surface area contributed by atoms with E-state index in [-0.39, 0.29) is 10.3 Å². The van der Waals surface area contributed by atoms with Gasteiger partial charge in [0.15, 0.2) is 0 Å². The van der Waals surface area contributed by atoms with E-state index in [2.05, 4.69) is 32.9 Å². The van der Waals surface area contributed by atoms with Gasteiger partial charge in [-0.05, 0) is 65.5 Å². The second-order valence-corrected chi connectivity index (χ2v) is 8.49. The minimum atomic E-state index is -3.51. The van der Waals surface area contributed by atoms with Gasteiger partial charge in [-0.2, -0.15) is 0 Å². The molecule has 1 aliphatic heterocycles. The number of sulfonamides is 1. The van der Waals surface area contributed by atoms with E-state index in [1.54, 1.807) is 12.1 Å². The molecule has 0 unspecified atom stereocenters. The first-order valence-electron chi connectivity index (χ1n) is 6.48. The molecule has 0 bridgehead atoms. The molecule has 2 rings (SSSR count). The molecule has 1 saturated heterocycles. The third-order valence-electron chi connectivity index (χ3n) is 3.70. The molecule has 0 saturated carbocycles. The maximum atomic E-state index is 12.3. The Kier molecular flexibility index (Phi) is 5.13. The summed E-state index contributed by atoms with van der Waals surface area (Å²) in [5.74, 6) is 0. The molecular formula is C13H18BrClN2O2S. The maximum Gasteiger partial charge on any atom is 0.240 e. The Morgan fingerprint density at radius 2 is 2.05 bits per heavy atom. The lowest BCUT2D eigenvalue weighted by Gasteiger charge is -2.34. The van der Waals surface area contributed by atoms with Crippen molar-refractivity contribution < 1.29 is 8.42 Å². The second-order valence-electron chi connectivity index (χ2n) is 5.46. The van der Waals surface area contributed by atoms with Crippen LogP contribution in [0, 0.1) is 5.41 Å². The molecule has 0 amide bonds. The molecule has 0 aliphatic carbocycles. The molecule has 1 aliphatic rings. The Morgan fingerprint density at radius 3 is 2.65 bits per heavy atom. The molecule has 0 atom stereocenters. The summed E-state index contributed by atoms with van der Waals surface area (Å²) in [4.78, 5) is 0.197. The van der Waals surface area contributed by atoms with Crippen LogP contribution in [0.15, 0.2) is 27.6 Å². The lowest BCUT2D eigenvalue weighted by Crippen LogP contribution is -2.42. The number of nitrogens with one attached hydrogen (secondary N) is 2. The van der Waals surface area contributed by atoms with Gasteiger partial charge in [-0.1, -0.05) is 18.5 Å². The van der Waals surface area contributed by atoms with Gasteiger partial charge in [0.2, 0.25) is 10.0 Å². The van der Waals surface area contributed by atoms with Crippen molar-refractivity contribution in [2.24, 2.45) is 5.41 Å². The van der Waals surface area contributed by atoms with Crippen LogP contribution in [-0.4, -0.2) is 28.1 Å². The van der Waals surface area contributed by atoms with E-state index in [4.69, 9.17) is 11.6 Å². The minimum absolute atomic E-state index is 0.0114. The SMILES string of the molecule is CC1(CNS(=O)(=O)c2ccc(Br)c(Cl)c2)CCNCC1. The molecule has 20 heavy (non-hydrogen) atoms. The molecule has 1 aromatic carbocycles. The highest BCUT2D eigenvalue weighted by Gasteiger charge is 2.28. The monoisotopic (exact) mass is 380 g/mol. The Bertz CT molecular complexity index is 586. The molecule has 0 aromatic heterocycles. The first kappa shape index (κ1) is 16.2. The summed E-state index contributed by atoms with van der Waals surface area (Å²) in [5, 5.41) is 3.67. The van der Waals surface area contributed by atoms with Crippen LogP contribution in [0.2, 0.25) is 5.02 Å². The van der Waals surface area contributed by atoms with Gasteiger partial charge < -0.3 is 5.32 Å². The fourth-order valence-electron chi connectivity index (χ4n) is 2.20. The molecule has 112 valence electrons. The van der Waals surface area contributed by atoms with Gasteiger partial charge in [-0.3, -0.25) is 0 Å². The fraction of sp³-hybridized carbons (Fsp3) is 0.538. The van der Waals surface area contributed by atoms with Gasteiger partial charge >= 0.3 is 0 Å². The number of hydrogen-bond donors (Lipinski definition) is 2. The average Bonchev–Trinajstić information content (AvgIpc) is 2.41. The van der Waals surface area contributed by atoms with Gasteiger partial charge in [0.1, 0.15) is 0 Å². The second kappa shape index (κ2) is 6.32. The zero-order chi connectivity index (χ0) is 14.8. The van der Waals surface area contributed by atoms with Crippen LogP contribution in [0.1, 0.15) is 19.8 Å². The number of benzene rings is 1. The summed E-state index contributed by atoms with van der Waals surface area (Å²) in [7, 11) is -3.51. The van der Waals surface area contributed by atoms with E-state index in [9.17, 15) is 8.42 Å². The molecular weight excluding hydrogens is 364 g/mol. The Hall–Kier alpha value is -0.140. The van der Waals surface area contributed by atoms with Crippen molar-refractivity contribution in [2.45, 2.75) is 24.7 Å². The lowest BCUT2D eigenvalue weighted by atomic mass is 9.81. The highest BCUT2D eigenvalue weighted by Crippen LogP contribution is 2.28. The number of halogens is 2. The molecule has 0 radical (unpaired) electrons. The molecule has 2 N–H and O–H groups in total. The van der Waals surface area contributed by atoms with Crippen molar-refractivity contribution in [3.8, 4) is 0 Å². The molecule has 0 spiro atoms. The number of piperidine rings is 1. The third kappa shape index (κ3) is 3.95. The van der Waals surface area contributed by atoms with Crippen LogP contribution in [0.4, 0.5) is 0 Å². The quantitative estimate of drug-likeness (QED) is 0.843. The van der Waals surface area contributed by atoms with Crippen LogP contribution < -0.4 is 10.0 Å². The van der Waals surface area contributed by atoms with Gasteiger partial charge in [0, 0.05) is 11.0 Å². The third-order valence-corrected chi connectivity index (χ3v) is 6.33. The zero-order valence-electron chi connectivity index (χ0n) is 11.2. The first-order valence-corrected chi connectivity index (χ1v) is 9.13. The van der Waals surface area contributed by atoms with E-state index < -0.39 is 10.0 Å². The molecule has 7 heteroatoms. The topological polar surface area (TPSA) is 58.2 Å². The first-order chi connectivity index (χ1) is 9.32. The Morgan fingerprint density at radius 1 is 1.40 bits per heavy atom. The van der Waals surface area contributed by atoms with Crippen molar-refractivity contribution in [3.05, 3.63) is 27.7 Å². The van der Waals surface area contributed by atoms with Crippen molar-refractivity contribution in [1.82, 2.24) is 10.0 Å². The fourth-order valence-corrected chi connectivity index (χ4v) is 3.92. The summed E-state index contributed by atoms with van der Waals surface area (Å²) in [6.07, 6.45) is 1.94. The van der Waals surface area contributed by atoms with Gasteiger partial charge in [0.05, 0.1) is 9.92 Å². The average molecular weight is 382 g/mol. The Balaban J connectivity index is 2.09. The molecule has 1 heterocycles. The van der Waals surface area contributed by atoms with Crippen LogP contribution >= 0.6 is 27.5 Å². The smallest absolute Gasteiger partial charge is 0.240 e. The van der Waals surface area contributed by atoms with E-state index in [0.29, 0.717) is 16.0 Å². The zero-order valence-corrected chi connectivity index (χ0v) is 14.4. The van der Waals surface area contributed by atoms with Gasteiger partial charge in [-0.15, -0.1) is 0 Å². The molecule has 1 aromatic rings. The largest absolute Gasteiger partial charge is 0.317 e. The standard InChI is InChI=1S/C13H18BrClN2O2S/c1-13(4-6-16-7-5-13)9-17-20(18,19)10-2-3-11(14)12(15)8-10/h2-3,8,16-17H,4-7,9H2,1H3. The van der Waals surface area contributed by atoms with Crippen molar-refractivity contribution in [2.75, 3.05) is 19.6 Å². The molecule has 1 fully saturated rings. The molecule has 4 nitrogen and oxygen atoms in total. The number of rotatable bonds is 4. The van der Waals surface area contributed by atoms with Gasteiger partial charge in [0.25, 0.3) is 0 Å². The highest BCUT2D eigenvalue weighted by molar-refractivity contribution is 9.10. The van der Waals surface area contributed by atoms with Crippen molar-refractivity contribution in [1.29, 1.82) is 0 Å². The van der Waals surface area contributed by atoms with Crippen molar-refractivity contribution >= 4 is 37.6 Å². The van der Waals surface area contributed by atoms with E-state index >= 15 is 0 Å². The van der Waals surface area contributed by atoms with Crippen LogP contribution in [0.5, 0.6) is 0 Å². The van der Waals surface area contributed by atoms with Crippen LogP contribution in [-0.2, 0) is 10.0 Å². The summed E-state index contributed by atoms with van der Waals surface area (Å²) >= 11 is 9.20. The highest BCUT2D eigenvalue weighted by atomic mass is 79.9. The summed E-state index contributed by atoms with van der Waals surface area (Å²) in [5.41, 5.74) is 0.0114. The van der Waals surface area contributed by atoms with E-state index in [1.807, 2.05) is 0 Å². The lowest BCUT2D eigenvalue weighted by molar-refractivity contribution is 0.232. The summed E-state index contributed by atoms with van der Waals surface area (Å²) < 4.78 is 27.9. The summed E-state index contributed by atoms with van der Waals surface area (Å²) in [6.45, 7) is 4.43. The van der Waals surface area contributed by atoms with E-state index in [0.717, 1.165) is 25.9 Å². The number of hydrogen-bond acceptors (Lipinski definition) is 3. The van der Waals surface area contributed by atoms with Crippen LogP contribution in [0.25, 0.3) is 0 Å². The predicted octanol–water partition coefficient (Wildman–Crippen LogP) is 2.77. The maximum absolute atomic E-state index is 12.3. The van der Waals surface area contributed by atoms with Crippen LogP contribution in [0.3, 0.4) is 0 Å². The predicted molar refractivity (Wildman–Crippen MR) is 84.6 cm³/mol. The van der Waals surface area contributed by atoms with Gasteiger partial charge in [-0.25, -0.2) is 13.1 Å².